The summed E-state index contributed by atoms with van der Waals surface area (Å²) in [6.07, 6.45) is 6.38. The second-order valence-corrected chi connectivity index (χ2v) is 10.4. The number of fused-ring (bicyclic) bond motifs is 3. The van der Waals surface area contributed by atoms with Crippen molar-refractivity contribution in [3.05, 3.63) is 35.5 Å². The third kappa shape index (κ3) is 3.09. The maximum absolute atomic E-state index is 11.5. The average Bonchev–Trinajstić information content (AvgIpc) is 3.15. The normalized spacial score (nSPS) is 28.9. The van der Waals surface area contributed by atoms with E-state index < -0.39 is 0 Å². The maximum Gasteiger partial charge on any atom is 0.222 e. The largest absolute Gasteiger partial charge is 0.475 e. The second-order valence-electron chi connectivity index (χ2n) is 10.4. The summed E-state index contributed by atoms with van der Waals surface area (Å²) in [6.45, 7) is 8.12. The third-order valence-corrected chi connectivity index (χ3v) is 7.28. The molecule has 31 heavy (non-hydrogen) atoms. The number of rotatable bonds is 5. The zero-order valence-corrected chi connectivity index (χ0v) is 18.3. The first-order chi connectivity index (χ1) is 14.8. The number of nitrogens with zero attached hydrogens (tertiary/aromatic N) is 3. The van der Waals surface area contributed by atoms with Crippen molar-refractivity contribution < 1.29 is 14.3 Å². The molecule has 2 aliphatic carbocycles. The molecule has 2 bridgehead atoms. The van der Waals surface area contributed by atoms with Crippen LogP contribution >= 0.6 is 0 Å². The molecule has 2 aromatic heterocycles. The van der Waals surface area contributed by atoms with E-state index in [1.54, 1.807) is 0 Å². The first kappa shape index (κ1) is 19.0. The molecule has 1 N–H and O–H groups in total. The van der Waals surface area contributed by atoms with Crippen molar-refractivity contribution >= 4 is 23.2 Å². The van der Waals surface area contributed by atoms with Gasteiger partial charge in [0.05, 0.1) is 12.3 Å². The highest BCUT2D eigenvalue weighted by atomic mass is 16.6. The molecule has 2 saturated heterocycles. The zero-order chi connectivity index (χ0) is 21.4. The monoisotopic (exact) mass is 420 g/mol. The molecule has 0 atom stereocenters. The molecule has 2 aromatic rings. The minimum atomic E-state index is -0.127. The number of aryl methyl sites for hydroxylation is 1. The first-order valence-corrected chi connectivity index (χ1v) is 11.1. The van der Waals surface area contributed by atoms with Crippen LogP contribution < -0.4 is 15.0 Å². The van der Waals surface area contributed by atoms with Gasteiger partial charge >= 0.3 is 0 Å². The summed E-state index contributed by atoms with van der Waals surface area (Å²) >= 11 is 0. The summed E-state index contributed by atoms with van der Waals surface area (Å²) in [5.74, 6) is 1.97. The van der Waals surface area contributed by atoms with Crippen molar-refractivity contribution in [2.45, 2.75) is 57.5 Å². The van der Waals surface area contributed by atoms with Gasteiger partial charge in [-0.3, -0.25) is 4.79 Å². The number of amides is 1. The molecule has 2 saturated carbocycles. The number of hydrogen-bond acceptors (Lipinski definition) is 6. The van der Waals surface area contributed by atoms with Gasteiger partial charge in [-0.15, -0.1) is 0 Å². The van der Waals surface area contributed by atoms with E-state index in [1.807, 2.05) is 18.3 Å². The van der Waals surface area contributed by atoms with Crippen LogP contribution in [0.1, 0.15) is 50.7 Å². The van der Waals surface area contributed by atoms with Crippen LogP contribution in [0.25, 0.3) is 0 Å². The Morgan fingerprint density at radius 3 is 2.77 bits per heavy atom. The minimum Gasteiger partial charge on any atom is -0.475 e. The van der Waals surface area contributed by atoms with Crippen LogP contribution in [-0.2, 0) is 14.9 Å². The van der Waals surface area contributed by atoms with Gasteiger partial charge in [-0.25, -0.2) is 4.98 Å². The Hall–Kier alpha value is -2.67. The highest BCUT2D eigenvalue weighted by molar-refractivity contribution is 5.89. The molecule has 0 aromatic carbocycles. The SMILES string of the molecule is CC(=O)Nc1cc2c(cn1)C1(CC1)CN2c1cc(C)cc(OCC23CC(C)(CO2)C3)n1. The Bertz CT molecular complexity index is 1090. The lowest BCUT2D eigenvalue weighted by Gasteiger charge is -2.41. The lowest BCUT2D eigenvalue weighted by Crippen LogP contribution is -2.47. The summed E-state index contributed by atoms with van der Waals surface area (Å²) in [5.41, 5.74) is 3.81. The molecule has 0 radical (unpaired) electrons. The van der Waals surface area contributed by atoms with E-state index in [0.717, 1.165) is 55.9 Å². The van der Waals surface area contributed by atoms with Crippen molar-refractivity contribution in [3.63, 3.8) is 0 Å². The van der Waals surface area contributed by atoms with Crippen molar-refractivity contribution in [2.24, 2.45) is 5.41 Å². The molecule has 7 heteroatoms. The molecule has 162 valence electrons. The van der Waals surface area contributed by atoms with Gasteiger partial charge in [-0.2, -0.15) is 4.98 Å². The van der Waals surface area contributed by atoms with Crippen LogP contribution in [0.5, 0.6) is 5.88 Å². The Morgan fingerprint density at radius 2 is 2.10 bits per heavy atom. The Labute approximate surface area is 182 Å². The van der Waals surface area contributed by atoms with Crippen LogP contribution in [-0.4, -0.2) is 41.2 Å². The molecule has 3 aliphatic heterocycles. The summed E-state index contributed by atoms with van der Waals surface area (Å²) in [5, 5.41) is 2.80. The van der Waals surface area contributed by atoms with E-state index in [1.165, 1.54) is 12.5 Å². The number of ether oxygens (including phenoxy) is 2. The van der Waals surface area contributed by atoms with Crippen molar-refractivity contribution in [2.75, 3.05) is 30.0 Å². The summed E-state index contributed by atoms with van der Waals surface area (Å²) in [6, 6.07) is 6.06. The predicted octanol–water partition coefficient (Wildman–Crippen LogP) is 3.87. The van der Waals surface area contributed by atoms with Gasteiger partial charge in [-0.1, -0.05) is 6.92 Å². The number of carbonyl (C=O) groups excluding carboxylic acids is 1. The van der Waals surface area contributed by atoms with Gasteiger partial charge in [0.15, 0.2) is 0 Å². The summed E-state index contributed by atoms with van der Waals surface area (Å²) < 4.78 is 12.2. The number of nitrogens with one attached hydrogen (secondary N) is 1. The van der Waals surface area contributed by atoms with Crippen LogP contribution in [0.3, 0.4) is 0 Å². The van der Waals surface area contributed by atoms with Gasteiger partial charge in [0.25, 0.3) is 0 Å². The van der Waals surface area contributed by atoms with Gasteiger partial charge < -0.3 is 19.7 Å². The zero-order valence-electron chi connectivity index (χ0n) is 18.3. The Kier molecular flexibility index (Phi) is 3.80. The number of carbonyl (C=O) groups is 1. The molecule has 7 nitrogen and oxygen atoms in total. The van der Waals surface area contributed by atoms with Gasteiger partial charge in [-0.05, 0) is 49.7 Å². The van der Waals surface area contributed by atoms with Crippen molar-refractivity contribution in [1.29, 1.82) is 0 Å². The maximum atomic E-state index is 11.5. The molecule has 4 fully saturated rings. The average molecular weight is 421 g/mol. The van der Waals surface area contributed by atoms with Crippen LogP contribution in [0.4, 0.5) is 17.3 Å². The number of anilines is 3. The molecule has 5 heterocycles. The quantitative estimate of drug-likeness (QED) is 0.791. The third-order valence-electron chi connectivity index (χ3n) is 7.28. The standard InChI is InChI=1S/C24H28N4O3/c1-15-6-20(27-21(7-15)30-14-24-10-22(3,11-24)13-31-24)28-12-23(4-5-23)17-9-25-19(8-18(17)28)26-16(2)29/h6-9H,4-5,10-14H2,1-3H3,(H,25,26,29). The molecular formula is C24H28N4O3. The minimum absolute atomic E-state index is 0.122. The lowest BCUT2D eigenvalue weighted by atomic mass is 9.64. The highest BCUT2D eigenvalue weighted by Crippen LogP contribution is 2.59. The van der Waals surface area contributed by atoms with E-state index in [9.17, 15) is 4.79 Å². The van der Waals surface area contributed by atoms with Crippen LogP contribution in [0.2, 0.25) is 0 Å². The number of pyridine rings is 2. The molecule has 1 amide bonds. The Balaban J connectivity index is 1.28. The van der Waals surface area contributed by atoms with Gasteiger partial charge in [0.1, 0.15) is 23.8 Å². The second kappa shape index (κ2) is 6.19. The van der Waals surface area contributed by atoms with E-state index in [4.69, 9.17) is 14.5 Å². The molecule has 5 aliphatic rings. The van der Waals surface area contributed by atoms with Crippen molar-refractivity contribution in [3.8, 4) is 5.88 Å². The van der Waals surface area contributed by atoms with E-state index >= 15 is 0 Å². The highest BCUT2D eigenvalue weighted by Gasteiger charge is 2.60. The topological polar surface area (TPSA) is 76.6 Å². The Morgan fingerprint density at radius 1 is 1.29 bits per heavy atom. The van der Waals surface area contributed by atoms with Crippen LogP contribution in [0, 0.1) is 12.3 Å². The van der Waals surface area contributed by atoms with Crippen molar-refractivity contribution in [1.82, 2.24) is 9.97 Å². The lowest BCUT2D eigenvalue weighted by molar-refractivity contribution is -0.114. The van der Waals surface area contributed by atoms with E-state index in [2.05, 4.69) is 35.1 Å². The van der Waals surface area contributed by atoms with E-state index in [0.29, 0.717) is 23.7 Å². The fourth-order valence-electron chi connectivity index (χ4n) is 5.80. The van der Waals surface area contributed by atoms with E-state index in [-0.39, 0.29) is 16.9 Å². The molecular weight excluding hydrogens is 392 g/mol. The van der Waals surface area contributed by atoms with Crippen LogP contribution in [0.15, 0.2) is 24.4 Å². The summed E-state index contributed by atoms with van der Waals surface area (Å²) in [7, 11) is 0. The van der Waals surface area contributed by atoms with Gasteiger partial charge in [0, 0.05) is 42.8 Å². The molecule has 7 rings (SSSR count). The number of hydrogen-bond donors (Lipinski definition) is 1. The van der Waals surface area contributed by atoms with Gasteiger partial charge in [0.2, 0.25) is 11.8 Å². The summed E-state index contributed by atoms with van der Waals surface area (Å²) in [4.78, 5) is 23.1. The first-order valence-electron chi connectivity index (χ1n) is 11.1. The number of aromatic nitrogens is 2. The fraction of sp³-hybridized carbons (Fsp3) is 0.542. The molecule has 0 unspecified atom stereocenters. The fourth-order valence-corrected chi connectivity index (χ4v) is 5.80. The predicted molar refractivity (Wildman–Crippen MR) is 117 cm³/mol. The smallest absolute Gasteiger partial charge is 0.222 e. The molecule has 1 spiro atoms.